The third-order valence-electron chi connectivity index (χ3n) is 3.40. The van der Waals surface area contributed by atoms with Gasteiger partial charge < -0.3 is 4.57 Å². The fourth-order valence-corrected chi connectivity index (χ4v) is 2.15. The van der Waals surface area contributed by atoms with Crippen LogP contribution in [0.1, 0.15) is 18.4 Å². The average molecular weight is 196 g/mol. The summed E-state index contributed by atoms with van der Waals surface area (Å²) in [6, 6.07) is 10.9. The van der Waals surface area contributed by atoms with Crippen molar-refractivity contribution >= 4 is 10.9 Å². The molecule has 2 heteroatoms. The summed E-state index contributed by atoms with van der Waals surface area (Å²) >= 11 is 0. The minimum absolute atomic E-state index is 0.168. The van der Waals surface area contributed by atoms with Gasteiger partial charge in [0.1, 0.15) is 0 Å². The van der Waals surface area contributed by atoms with Gasteiger partial charge in [-0.15, -0.1) is 0 Å². The molecule has 3 rings (SSSR count). The summed E-state index contributed by atoms with van der Waals surface area (Å²) in [4.78, 5) is 0. The molecule has 1 aromatic heterocycles. The van der Waals surface area contributed by atoms with Gasteiger partial charge in [0.15, 0.2) is 0 Å². The molecular formula is C13H12N2. The Labute approximate surface area is 88.7 Å². The first-order valence-electron chi connectivity index (χ1n) is 5.22. The van der Waals surface area contributed by atoms with Crippen LogP contribution in [0.2, 0.25) is 0 Å². The van der Waals surface area contributed by atoms with Gasteiger partial charge in [0, 0.05) is 18.8 Å². The molecule has 1 aliphatic rings. The van der Waals surface area contributed by atoms with E-state index in [1.807, 2.05) is 7.05 Å². The number of aryl methyl sites for hydroxylation is 1. The zero-order valence-electron chi connectivity index (χ0n) is 8.70. The van der Waals surface area contributed by atoms with Crippen molar-refractivity contribution in [1.82, 2.24) is 4.57 Å². The van der Waals surface area contributed by atoms with Crippen molar-refractivity contribution in [2.24, 2.45) is 7.05 Å². The van der Waals surface area contributed by atoms with E-state index >= 15 is 0 Å². The topological polar surface area (TPSA) is 28.7 Å². The molecule has 0 atom stereocenters. The summed E-state index contributed by atoms with van der Waals surface area (Å²) in [6.07, 6.45) is 4.08. The Balaban J connectivity index is 2.22. The third kappa shape index (κ3) is 1.10. The largest absolute Gasteiger partial charge is 0.351 e. The lowest BCUT2D eigenvalue weighted by Gasteiger charge is -2.06. The predicted molar refractivity (Wildman–Crippen MR) is 59.4 cm³/mol. The van der Waals surface area contributed by atoms with Crippen LogP contribution in [0.5, 0.6) is 0 Å². The number of nitriles is 1. The van der Waals surface area contributed by atoms with Gasteiger partial charge in [-0.2, -0.15) is 5.26 Å². The second kappa shape index (κ2) is 2.64. The second-order valence-electron chi connectivity index (χ2n) is 4.39. The van der Waals surface area contributed by atoms with Gasteiger partial charge in [0.2, 0.25) is 0 Å². The molecule has 2 nitrogen and oxygen atoms in total. The van der Waals surface area contributed by atoms with Gasteiger partial charge in [-0.05, 0) is 35.9 Å². The van der Waals surface area contributed by atoms with Crippen molar-refractivity contribution in [3.8, 4) is 6.07 Å². The van der Waals surface area contributed by atoms with Crippen molar-refractivity contribution in [3.63, 3.8) is 0 Å². The maximum Gasteiger partial charge on any atom is 0.0824 e. The van der Waals surface area contributed by atoms with E-state index in [2.05, 4.69) is 41.1 Å². The maximum absolute atomic E-state index is 9.15. The summed E-state index contributed by atoms with van der Waals surface area (Å²) in [7, 11) is 2.04. The molecule has 0 spiro atoms. The molecule has 0 bridgehead atoms. The van der Waals surface area contributed by atoms with Crippen molar-refractivity contribution < 1.29 is 0 Å². The van der Waals surface area contributed by atoms with Gasteiger partial charge in [-0.1, -0.05) is 12.1 Å². The maximum atomic E-state index is 9.15. The predicted octanol–water partition coefficient (Wildman–Crippen LogP) is 2.73. The Morgan fingerprint density at radius 3 is 2.80 bits per heavy atom. The average Bonchev–Trinajstić information content (AvgIpc) is 2.99. The van der Waals surface area contributed by atoms with E-state index in [-0.39, 0.29) is 5.41 Å². The Morgan fingerprint density at radius 1 is 1.33 bits per heavy atom. The minimum Gasteiger partial charge on any atom is -0.351 e. The molecule has 0 unspecified atom stereocenters. The highest BCUT2D eigenvalue weighted by atomic mass is 14.9. The molecule has 0 N–H and O–H groups in total. The number of rotatable bonds is 1. The molecule has 0 amide bonds. The molecule has 1 heterocycles. The third-order valence-corrected chi connectivity index (χ3v) is 3.40. The molecule has 74 valence electrons. The smallest absolute Gasteiger partial charge is 0.0824 e. The zero-order chi connectivity index (χ0) is 10.5. The van der Waals surface area contributed by atoms with Crippen LogP contribution in [-0.4, -0.2) is 4.57 Å². The van der Waals surface area contributed by atoms with Crippen molar-refractivity contribution in [2.75, 3.05) is 0 Å². The number of hydrogen-bond donors (Lipinski definition) is 0. The second-order valence-corrected chi connectivity index (χ2v) is 4.39. The van der Waals surface area contributed by atoms with E-state index in [0.29, 0.717) is 0 Å². The van der Waals surface area contributed by atoms with E-state index in [0.717, 1.165) is 12.8 Å². The van der Waals surface area contributed by atoms with Crippen LogP contribution < -0.4 is 0 Å². The van der Waals surface area contributed by atoms with Crippen LogP contribution in [-0.2, 0) is 12.5 Å². The summed E-state index contributed by atoms with van der Waals surface area (Å²) in [5, 5.41) is 10.4. The van der Waals surface area contributed by atoms with E-state index in [9.17, 15) is 0 Å². The normalized spacial score (nSPS) is 17.6. The number of benzene rings is 1. The minimum atomic E-state index is -0.168. The molecule has 15 heavy (non-hydrogen) atoms. The highest BCUT2D eigenvalue weighted by Gasteiger charge is 2.44. The standard InChI is InChI=1S/C13H12N2/c1-15-7-4-10-2-3-11(8-12(10)15)13(9-14)5-6-13/h2-4,7-8H,5-6H2,1H3. The first kappa shape index (κ1) is 8.55. The number of aromatic nitrogens is 1. The highest BCUT2D eigenvalue weighted by molar-refractivity contribution is 5.81. The SMILES string of the molecule is Cn1ccc2ccc(C3(C#N)CC3)cc21. The summed E-state index contributed by atoms with van der Waals surface area (Å²) in [5.41, 5.74) is 2.23. The molecule has 1 saturated carbocycles. The summed E-state index contributed by atoms with van der Waals surface area (Å²) in [6.45, 7) is 0. The van der Waals surface area contributed by atoms with Crippen LogP contribution in [0.15, 0.2) is 30.5 Å². The summed E-state index contributed by atoms with van der Waals surface area (Å²) in [5.74, 6) is 0. The van der Waals surface area contributed by atoms with E-state index in [1.165, 1.54) is 16.5 Å². The van der Waals surface area contributed by atoms with Crippen LogP contribution in [0.25, 0.3) is 10.9 Å². The van der Waals surface area contributed by atoms with E-state index in [1.54, 1.807) is 0 Å². The lowest BCUT2D eigenvalue weighted by Crippen LogP contribution is -2.02. The lowest BCUT2D eigenvalue weighted by molar-refractivity contribution is 0.904. The molecule has 0 aliphatic heterocycles. The number of hydrogen-bond acceptors (Lipinski definition) is 1. The van der Waals surface area contributed by atoms with Crippen molar-refractivity contribution in [3.05, 3.63) is 36.0 Å². The van der Waals surface area contributed by atoms with Crippen molar-refractivity contribution in [1.29, 1.82) is 5.26 Å². The quantitative estimate of drug-likeness (QED) is 0.689. The Bertz CT molecular complexity index is 568. The lowest BCUT2D eigenvalue weighted by atomic mass is 9.97. The molecule has 0 saturated heterocycles. The Morgan fingerprint density at radius 2 is 2.13 bits per heavy atom. The number of nitrogens with zero attached hydrogens (tertiary/aromatic N) is 2. The summed E-state index contributed by atoms with van der Waals surface area (Å²) < 4.78 is 2.10. The molecule has 1 fully saturated rings. The highest BCUT2D eigenvalue weighted by Crippen LogP contribution is 2.47. The van der Waals surface area contributed by atoms with Crippen LogP contribution in [0, 0.1) is 11.3 Å². The van der Waals surface area contributed by atoms with Crippen LogP contribution in [0.4, 0.5) is 0 Å². The fraction of sp³-hybridized carbons (Fsp3) is 0.308. The fourth-order valence-electron chi connectivity index (χ4n) is 2.15. The van der Waals surface area contributed by atoms with Gasteiger partial charge in [-0.3, -0.25) is 0 Å². The van der Waals surface area contributed by atoms with E-state index < -0.39 is 0 Å². The Kier molecular flexibility index (Phi) is 1.50. The monoisotopic (exact) mass is 196 g/mol. The van der Waals surface area contributed by atoms with E-state index in [4.69, 9.17) is 5.26 Å². The molecule has 0 radical (unpaired) electrons. The number of fused-ring (bicyclic) bond motifs is 1. The first-order valence-corrected chi connectivity index (χ1v) is 5.22. The van der Waals surface area contributed by atoms with Gasteiger partial charge in [-0.25, -0.2) is 0 Å². The van der Waals surface area contributed by atoms with Gasteiger partial charge in [0.25, 0.3) is 0 Å². The van der Waals surface area contributed by atoms with Crippen LogP contribution in [0.3, 0.4) is 0 Å². The molecular weight excluding hydrogens is 184 g/mol. The van der Waals surface area contributed by atoms with Crippen molar-refractivity contribution in [2.45, 2.75) is 18.3 Å². The Hall–Kier alpha value is -1.75. The zero-order valence-corrected chi connectivity index (χ0v) is 8.70. The molecule has 1 aromatic carbocycles. The first-order chi connectivity index (χ1) is 7.25. The molecule has 1 aliphatic carbocycles. The van der Waals surface area contributed by atoms with Crippen LogP contribution >= 0.6 is 0 Å². The van der Waals surface area contributed by atoms with Gasteiger partial charge >= 0.3 is 0 Å². The van der Waals surface area contributed by atoms with Gasteiger partial charge in [0.05, 0.1) is 11.5 Å². The molecule has 2 aromatic rings.